The second-order valence-corrected chi connectivity index (χ2v) is 1.34. The van der Waals surface area contributed by atoms with Crippen molar-refractivity contribution in [1.29, 1.82) is 0 Å². The van der Waals surface area contributed by atoms with Crippen molar-refractivity contribution in [2.75, 3.05) is 0 Å². The molecule has 0 unspecified atom stereocenters. The van der Waals surface area contributed by atoms with E-state index in [2.05, 4.69) is 0 Å². The van der Waals surface area contributed by atoms with Gasteiger partial charge in [-0.3, -0.25) is 9.11 Å². The standard InChI is InChI=1S/Ca.K.H2O4S.3H/c;;1-5(2,3)4;;;/h;;(H2,1,2,3,4);;;/q+2;+1;;3*-1. The topological polar surface area (TPSA) is 74.6 Å². The van der Waals surface area contributed by atoms with Crippen LogP contribution in [0.25, 0.3) is 0 Å². The van der Waals surface area contributed by atoms with Crippen molar-refractivity contribution in [3.63, 3.8) is 0 Å². The maximum absolute atomic E-state index is 8.74. The Balaban J connectivity index is -0.00000000800. The molecular weight excluding hydrogens is 175 g/mol. The van der Waals surface area contributed by atoms with E-state index in [9.17, 15) is 0 Å². The maximum Gasteiger partial charge on any atom is 2.00 e. The molecule has 0 rings (SSSR count). The fourth-order valence-electron chi connectivity index (χ4n) is 0. The van der Waals surface area contributed by atoms with Crippen LogP contribution in [0, 0.1) is 0 Å². The summed E-state index contributed by atoms with van der Waals surface area (Å²) in [5.74, 6) is 0. The van der Waals surface area contributed by atoms with E-state index in [0.717, 1.165) is 0 Å². The molecule has 38 valence electrons. The van der Waals surface area contributed by atoms with Crippen molar-refractivity contribution < 1.29 is 73.2 Å². The van der Waals surface area contributed by atoms with Crippen LogP contribution in [0.15, 0.2) is 0 Å². The Bertz CT molecular complexity index is 104. The molecule has 0 aliphatic rings. The van der Waals surface area contributed by atoms with Gasteiger partial charge in [0.15, 0.2) is 0 Å². The summed E-state index contributed by atoms with van der Waals surface area (Å²) in [4.78, 5) is 0. The molecule has 0 aromatic heterocycles. The van der Waals surface area contributed by atoms with E-state index < -0.39 is 10.4 Å². The van der Waals surface area contributed by atoms with Gasteiger partial charge in [-0.25, -0.2) is 0 Å². The summed E-state index contributed by atoms with van der Waals surface area (Å²) >= 11 is 0. The monoisotopic (exact) mass is 180 g/mol. The Morgan fingerprint density at radius 1 is 1.29 bits per heavy atom. The number of hydrogen-bond acceptors (Lipinski definition) is 2. The molecule has 0 aliphatic heterocycles. The van der Waals surface area contributed by atoms with E-state index >= 15 is 0 Å². The van der Waals surface area contributed by atoms with Gasteiger partial charge in [-0.2, -0.15) is 8.42 Å². The summed E-state index contributed by atoms with van der Waals surface area (Å²) < 4.78 is 31.6. The van der Waals surface area contributed by atoms with Gasteiger partial charge in [0, 0.05) is 0 Å². The van der Waals surface area contributed by atoms with Crippen molar-refractivity contribution in [2.45, 2.75) is 0 Å². The summed E-state index contributed by atoms with van der Waals surface area (Å²) in [5, 5.41) is 0. The molecule has 2 N–H and O–H groups in total. The van der Waals surface area contributed by atoms with Crippen LogP contribution < -0.4 is 51.4 Å². The SMILES string of the molecule is O=S(=O)(O)O.[Ca+2].[H-].[H-].[H-].[K+]. The predicted molar refractivity (Wildman–Crippen MR) is 23.3 cm³/mol. The van der Waals surface area contributed by atoms with Gasteiger partial charge < -0.3 is 4.28 Å². The largest absolute Gasteiger partial charge is 2.00 e. The van der Waals surface area contributed by atoms with Crippen LogP contribution in [0.5, 0.6) is 0 Å². The Hall–Kier alpha value is 2.77. The molecule has 0 fully saturated rings. The van der Waals surface area contributed by atoms with Crippen molar-refractivity contribution in [3.05, 3.63) is 0 Å². The smallest absolute Gasteiger partial charge is 1.00 e. The summed E-state index contributed by atoms with van der Waals surface area (Å²) in [6.07, 6.45) is 0. The van der Waals surface area contributed by atoms with Gasteiger partial charge in [-0.15, -0.1) is 0 Å². The van der Waals surface area contributed by atoms with Gasteiger partial charge in [0.1, 0.15) is 0 Å². The van der Waals surface area contributed by atoms with Gasteiger partial charge in [-0.1, -0.05) is 0 Å². The van der Waals surface area contributed by atoms with Crippen LogP contribution in [0.4, 0.5) is 0 Å². The number of rotatable bonds is 0. The Kier molecular flexibility index (Phi) is 16.1. The first-order valence-corrected chi connectivity index (χ1v) is 2.10. The van der Waals surface area contributed by atoms with E-state index in [1.165, 1.54) is 0 Å². The Morgan fingerprint density at radius 3 is 1.29 bits per heavy atom. The molecule has 0 radical (unpaired) electrons. The fourth-order valence-corrected chi connectivity index (χ4v) is 0. The minimum Gasteiger partial charge on any atom is -1.00 e. The first kappa shape index (κ1) is 16.4. The molecule has 0 heterocycles. The first-order chi connectivity index (χ1) is 2.00. The number of hydrogen-bond donors (Lipinski definition) is 2. The van der Waals surface area contributed by atoms with E-state index in [1.807, 2.05) is 0 Å². The molecule has 0 amide bonds. The molecule has 0 atom stereocenters. The fraction of sp³-hybridized carbons (Fsp3) is 0. The molecule has 0 aromatic carbocycles. The van der Waals surface area contributed by atoms with E-state index in [1.54, 1.807) is 0 Å². The molecule has 0 spiro atoms. The Morgan fingerprint density at radius 2 is 1.29 bits per heavy atom. The average Bonchev–Trinajstić information content (AvgIpc) is 0.722. The molecule has 0 saturated carbocycles. The predicted octanol–water partition coefficient (Wildman–Crippen LogP) is -3.69. The van der Waals surface area contributed by atoms with Crippen molar-refractivity contribution in [1.82, 2.24) is 0 Å². The summed E-state index contributed by atoms with van der Waals surface area (Å²) in [6, 6.07) is 0. The van der Waals surface area contributed by atoms with Crippen LogP contribution in [-0.2, 0) is 10.4 Å². The van der Waals surface area contributed by atoms with Crippen LogP contribution in [-0.4, -0.2) is 55.3 Å². The van der Waals surface area contributed by atoms with Gasteiger partial charge >= 0.3 is 99.5 Å². The van der Waals surface area contributed by atoms with Crippen molar-refractivity contribution in [2.24, 2.45) is 0 Å². The second-order valence-electron chi connectivity index (χ2n) is 0.448. The van der Waals surface area contributed by atoms with E-state index in [0.29, 0.717) is 0 Å². The molecule has 0 aromatic rings. The first-order valence-electron chi connectivity index (χ1n) is 0.698. The normalized spacial score (nSPS) is 8.29. The van der Waals surface area contributed by atoms with Gasteiger partial charge in [0.2, 0.25) is 0 Å². The molecule has 0 aliphatic carbocycles. The van der Waals surface area contributed by atoms with Crippen LogP contribution in [0.2, 0.25) is 0 Å². The van der Waals surface area contributed by atoms with Crippen LogP contribution >= 0.6 is 0 Å². The van der Waals surface area contributed by atoms with Crippen molar-refractivity contribution in [3.8, 4) is 0 Å². The zero-order chi connectivity index (χ0) is 4.50. The molecule has 0 bridgehead atoms. The third-order valence-electron chi connectivity index (χ3n) is 0. The molecule has 4 nitrogen and oxygen atoms in total. The van der Waals surface area contributed by atoms with Crippen molar-refractivity contribution >= 4 is 48.1 Å². The van der Waals surface area contributed by atoms with Gasteiger partial charge in [0.05, 0.1) is 0 Å². The maximum atomic E-state index is 8.74. The average molecular weight is 180 g/mol. The summed E-state index contributed by atoms with van der Waals surface area (Å²) in [6.45, 7) is 0. The van der Waals surface area contributed by atoms with Gasteiger partial charge in [0.25, 0.3) is 0 Å². The minimum absolute atomic E-state index is 0. The molecular formula is H5CaKO4S. The van der Waals surface area contributed by atoms with E-state index in [4.69, 9.17) is 17.5 Å². The third kappa shape index (κ3) is 52.5. The zero-order valence-corrected chi connectivity index (χ0v) is 9.97. The quantitative estimate of drug-likeness (QED) is 0.297. The minimum atomic E-state index is -4.67. The zero-order valence-electron chi connectivity index (χ0n) is 6.83. The second kappa shape index (κ2) is 6.88. The summed E-state index contributed by atoms with van der Waals surface area (Å²) in [7, 11) is -4.67. The van der Waals surface area contributed by atoms with E-state index in [-0.39, 0.29) is 93.4 Å². The molecule has 7 heteroatoms. The summed E-state index contributed by atoms with van der Waals surface area (Å²) in [5.41, 5.74) is 0. The third-order valence-corrected chi connectivity index (χ3v) is 0. The Labute approximate surface area is 118 Å². The molecule has 0 saturated heterocycles. The van der Waals surface area contributed by atoms with Gasteiger partial charge in [-0.05, 0) is 0 Å². The van der Waals surface area contributed by atoms with Crippen LogP contribution in [0.1, 0.15) is 4.28 Å². The van der Waals surface area contributed by atoms with Crippen LogP contribution in [0.3, 0.4) is 0 Å². The molecule has 7 heavy (non-hydrogen) atoms.